The van der Waals surface area contributed by atoms with Crippen LogP contribution in [0.4, 0.5) is 4.79 Å². The molecule has 1 aliphatic carbocycles. The SMILES string of the molecule is CCCC(C)(CO)NC(=O)NC1CCCC(SCC)C1. The van der Waals surface area contributed by atoms with E-state index in [0.717, 1.165) is 31.4 Å². The summed E-state index contributed by atoms with van der Waals surface area (Å²) in [5, 5.41) is 16.1. The lowest BCUT2D eigenvalue weighted by atomic mass is 9.95. The summed E-state index contributed by atoms with van der Waals surface area (Å²) < 4.78 is 0. The van der Waals surface area contributed by atoms with Gasteiger partial charge in [0.25, 0.3) is 0 Å². The predicted octanol–water partition coefficient (Wildman–Crippen LogP) is 2.90. The maximum absolute atomic E-state index is 12.1. The van der Waals surface area contributed by atoms with Gasteiger partial charge in [0.2, 0.25) is 0 Å². The van der Waals surface area contributed by atoms with E-state index in [1.54, 1.807) is 0 Å². The van der Waals surface area contributed by atoms with Gasteiger partial charge in [0, 0.05) is 11.3 Å². The van der Waals surface area contributed by atoms with Gasteiger partial charge in [-0.1, -0.05) is 26.7 Å². The Hall–Kier alpha value is -0.420. The van der Waals surface area contributed by atoms with E-state index in [1.807, 2.05) is 18.7 Å². The van der Waals surface area contributed by atoms with Gasteiger partial charge in [-0.25, -0.2) is 4.79 Å². The number of hydrogen-bond acceptors (Lipinski definition) is 3. The van der Waals surface area contributed by atoms with E-state index in [2.05, 4.69) is 24.5 Å². The van der Waals surface area contributed by atoms with Gasteiger partial charge >= 0.3 is 6.03 Å². The van der Waals surface area contributed by atoms with Crippen LogP contribution >= 0.6 is 11.8 Å². The fourth-order valence-electron chi connectivity index (χ4n) is 2.89. The smallest absolute Gasteiger partial charge is 0.315 e. The predicted molar refractivity (Wildman–Crippen MR) is 86.2 cm³/mol. The highest BCUT2D eigenvalue weighted by atomic mass is 32.2. The van der Waals surface area contributed by atoms with Crippen molar-refractivity contribution in [2.45, 2.75) is 76.1 Å². The standard InChI is InChI=1S/C15H30N2O2S/c1-4-9-15(3,11-18)17-14(19)16-12-7-6-8-13(10-12)20-5-2/h12-13,18H,4-11H2,1-3H3,(H2,16,17,19). The summed E-state index contributed by atoms with van der Waals surface area (Å²) in [4.78, 5) is 12.1. The highest BCUT2D eigenvalue weighted by molar-refractivity contribution is 7.99. The molecule has 0 saturated heterocycles. The van der Waals surface area contributed by atoms with Crippen molar-refractivity contribution in [3.8, 4) is 0 Å². The number of rotatable bonds is 7. The van der Waals surface area contributed by atoms with Crippen LogP contribution in [0, 0.1) is 0 Å². The maximum Gasteiger partial charge on any atom is 0.315 e. The Labute approximate surface area is 127 Å². The third-order valence-electron chi connectivity index (χ3n) is 3.93. The second kappa shape index (κ2) is 8.78. The van der Waals surface area contributed by atoms with E-state index in [1.165, 1.54) is 12.8 Å². The van der Waals surface area contributed by atoms with Crippen molar-refractivity contribution in [2.75, 3.05) is 12.4 Å². The summed E-state index contributed by atoms with van der Waals surface area (Å²) in [7, 11) is 0. The Kier molecular flexibility index (Phi) is 7.74. The molecule has 118 valence electrons. The Morgan fingerprint density at radius 3 is 2.75 bits per heavy atom. The molecule has 0 bridgehead atoms. The van der Waals surface area contributed by atoms with Crippen LogP contribution in [0.1, 0.15) is 59.3 Å². The molecule has 0 radical (unpaired) electrons. The average Bonchev–Trinajstić information content (AvgIpc) is 2.39. The van der Waals surface area contributed by atoms with Crippen molar-refractivity contribution < 1.29 is 9.90 Å². The van der Waals surface area contributed by atoms with Crippen LogP contribution in [0.25, 0.3) is 0 Å². The second-order valence-corrected chi connectivity index (χ2v) is 7.59. The van der Waals surface area contributed by atoms with Crippen molar-refractivity contribution in [3.05, 3.63) is 0 Å². The van der Waals surface area contributed by atoms with E-state index >= 15 is 0 Å². The molecule has 1 rings (SSSR count). The lowest BCUT2D eigenvalue weighted by molar-refractivity contribution is 0.161. The summed E-state index contributed by atoms with van der Waals surface area (Å²) in [6.07, 6.45) is 6.32. The molecule has 3 atom stereocenters. The molecular weight excluding hydrogens is 272 g/mol. The minimum Gasteiger partial charge on any atom is -0.394 e. The van der Waals surface area contributed by atoms with Crippen molar-refractivity contribution in [3.63, 3.8) is 0 Å². The van der Waals surface area contributed by atoms with Gasteiger partial charge in [-0.3, -0.25) is 0 Å². The van der Waals surface area contributed by atoms with E-state index in [-0.39, 0.29) is 18.7 Å². The molecule has 1 aliphatic rings. The minimum absolute atomic E-state index is 0.0206. The van der Waals surface area contributed by atoms with Gasteiger partial charge in [-0.15, -0.1) is 0 Å². The first-order chi connectivity index (χ1) is 9.53. The molecule has 3 N–H and O–H groups in total. The first kappa shape index (κ1) is 17.6. The fraction of sp³-hybridized carbons (Fsp3) is 0.933. The van der Waals surface area contributed by atoms with Crippen molar-refractivity contribution in [1.29, 1.82) is 0 Å². The number of carbonyl (C=O) groups excluding carboxylic acids is 1. The Balaban J connectivity index is 2.41. The highest BCUT2D eigenvalue weighted by Gasteiger charge is 2.27. The van der Waals surface area contributed by atoms with E-state index in [9.17, 15) is 9.90 Å². The quantitative estimate of drug-likeness (QED) is 0.677. The Morgan fingerprint density at radius 1 is 1.40 bits per heavy atom. The van der Waals surface area contributed by atoms with Crippen molar-refractivity contribution >= 4 is 17.8 Å². The molecule has 0 aromatic heterocycles. The summed E-state index contributed by atoms with van der Waals surface area (Å²) in [6.45, 7) is 6.12. The summed E-state index contributed by atoms with van der Waals surface area (Å²) in [6, 6.07) is 0.138. The molecular formula is C15H30N2O2S. The second-order valence-electron chi connectivity index (χ2n) is 6.01. The molecule has 0 aromatic rings. The van der Waals surface area contributed by atoms with Crippen LogP contribution in [0.15, 0.2) is 0 Å². The molecule has 0 heterocycles. The van der Waals surface area contributed by atoms with Crippen molar-refractivity contribution in [1.82, 2.24) is 10.6 Å². The largest absolute Gasteiger partial charge is 0.394 e. The topological polar surface area (TPSA) is 61.4 Å². The van der Waals surface area contributed by atoms with Crippen molar-refractivity contribution in [2.24, 2.45) is 0 Å². The van der Waals surface area contributed by atoms with Gasteiger partial charge in [-0.05, 0) is 38.4 Å². The van der Waals surface area contributed by atoms with Gasteiger partial charge in [0.1, 0.15) is 0 Å². The molecule has 2 amide bonds. The normalized spacial score (nSPS) is 25.8. The van der Waals surface area contributed by atoms with Gasteiger partial charge in [0.15, 0.2) is 0 Å². The monoisotopic (exact) mass is 302 g/mol. The molecule has 0 spiro atoms. The van der Waals surface area contributed by atoms with Crippen LogP contribution < -0.4 is 10.6 Å². The third-order valence-corrected chi connectivity index (χ3v) is 5.16. The summed E-state index contributed by atoms with van der Waals surface area (Å²) in [5.74, 6) is 1.14. The van der Waals surface area contributed by atoms with Crippen LogP contribution in [-0.2, 0) is 0 Å². The maximum atomic E-state index is 12.1. The zero-order chi connectivity index (χ0) is 15.0. The zero-order valence-corrected chi connectivity index (χ0v) is 13.9. The first-order valence-electron chi connectivity index (χ1n) is 7.84. The third kappa shape index (κ3) is 5.92. The van der Waals surface area contributed by atoms with Crippen LogP contribution in [-0.4, -0.2) is 40.3 Å². The number of carbonyl (C=O) groups is 1. The number of amides is 2. The Morgan fingerprint density at radius 2 is 2.15 bits per heavy atom. The lowest BCUT2D eigenvalue weighted by Crippen LogP contribution is -2.55. The van der Waals surface area contributed by atoms with E-state index in [4.69, 9.17) is 0 Å². The Bertz CT molecular complexity index is 300. The molecule has 0 aromatic carbocycles. The van der Waals surface area contributed by atoms with Gasteiger partial charge < -0.3 is 15.7 Å². The van der Waals surface area contributed by atoms with E-state index in [0.29, 0.717) is 5.25 Å². The lowest BCUT2D eigenvalue weighted by Gasteiger charge is -2.32. The molecule has 3 unspecified atom stereocenters. The molecule has 4 nitrogen and oxygen atoms in total. The highest BCUT2D eigenvalue weighted by Crippen LogP contribution is 2.28. The number of urea groups is 1. The minimum atomic E-state index is -0.509. The van der Waals surface area contributed by atoms with Crippen LogP contribution in [0.3, 0.4) is 0 Å². The molecule has 1 saturated carbocycles. The first-order valence-corrected chi connectivity index (χ1v) is 8.89. The van der Waals surface area contributed by atoms with E-state index < -0.39 is 5.54 Å². The number of nitrogens with one attached hydrogen (secondary N) is 2. The number of aliphatic hydroxyl groups excluding tert-OH is 1. The average molecular weight is 302 g/mol. The molecule has 0 aliphatic heterocycles. The number of aliphatic hydroxyl groups is 1. The van der Waals surface area contributed by atoms with Gasteiger partial charge in [0.05, 0.1) is 12.1 Å². The molecule has 1 fully saturated rings. The number of thioether (sulfide) groups is 1. The van der Waals surface area contributed by atoms with Crippen LogP contribution in [0.5, 0.6) is 0 Å². The summed E-state index contributed by atoms with van der Waals surface area (Å²) in [5.41, 5.74) is -0.509. The summed E-state index contributed by atoms with van der Waals surface area (Å²) >= 11 is 2.00. The number of hydrogen-bond donors (Lipinski definition) is 3. The van der Waals surface area contributed by atoms with Gasteiger partial charge in [-0.2, -0.15) is 11.8 Å². The fourth-order valence-corrected chi connectivity index (χ4v) is 4.06. The molecule has 5 heteroatoms. The van der Waals surface area contributed by atoms with Crippen LogP contribution in [0.2, 0.25) is 0 Å². The zero-order valence-electron chi connectivity index (χ0n) is 13.1. The molecule has 20 heavy (non-hydrogen) atoms.